The summed E-state index contributed by atoms with van der Waals surface area (Å²) in [5.41, 5.74) is 10.2. The molecule has 0 saturated heterocycles. The van der Waals surface area contributed by atoms with Crippen LogP contribution in [0.3, 0.4) is 0 Å². The molecule has 0 saturated carbocycles. The van der Waals surface area contributed by atoms with Gasteiger partial charge in [-0.25, -0.2) is 0 Å². The highest BCUT2D eigenvalue weighted by Crippen LogP contribution is 2.45. The Morgan fingerprint density at radius 1 is 0.408 bits per heavy atom. The van der Waals surface area contributed by atoms with Crippen molar-refractivity contribution < 1.29 is 4.74 Å². The zero-order valence-electron chi connectivity index (χ0n) is 27.2. The van der Waals surface area contributed by atoms with Crippen LogP contribution in [0.25, 0.3) is 33.4 Å². The quantitative estimate of drug-likeness (QED) is 0.182. The Bertz CT molecular complexity index is 2350. The van der Waals surface area contributed by atoms with Gasteiger partial charge in [-0.1, -0.05) is 170 Å². The smallest absolute Gasteiger partial charge is 0.127 e. The van der Waals surface area contributed by atoms with E-state index in [0.29, 0.717) is 11.8 Å². The van der Waals surface area contributed by atoms with E-state index in [2.05, 4.69) is 164 Å². The van der Waals surface area contributed by atoms with Gasteiger partial charge in [0, 0.05) is 23.7 Å². The Kier molecular flexibility index (Phi) is 7.52. The van der Waals surface area contributed by atoms with Gasteiger partial charge in [0.1, 0.15) is 11.5 Å². The number of benzene rings is 5. The maximum atomic E-state index is 6.49. The molecule has 0 spiro atoms. The number of hydrogen-bond donors (Lipinski definition) is 0. The minimum Gasteiger partial charge on any atom is -0.458 e. The lowest BCUT2D eigenvalue weighted by Crippen LogP contribution is -2.41. The molecule has 0 fully saturated rings. The first-order chi connectivity index (χ1) is 24.3. The minimum atomic E-state index is 0.0951. The van der Waals surface area contributed by atoms with Crippen molar-refractivity contribution in [3.8, 4) is 28.0 Å². The minimum absolute atomic E-state index is 0.0951. The molecule has 0 aliphatic heterocycles. The van der Waals surface area contributed by atoms with Gasteiger partial charge in [0.15, 0.2) is 0 Å². The maximum Gasteiger partial charge on any atom is 0.127 e. The van der Waals surface area contributed by atoms with E-state index in [9.17, 15) is 0 Å². The Labute approximate surface area is 288 Å². The summed E-state index contributed by atoms with van der Waals surface area (Å²) in [6, 6.07) is 47.7. The number of para-hydroxylation sites is 1. The van der Waals surface area contributed by atoms with E-state index in [-0.39, 0.29) is 11.8 Å². The van der Waals surface area contributed by atoms with Crippen molar-refractivity contribution >= 4 is 11.1 Å². The second kappa shape index (κ2) is 12.6. The molecular weight excluding hydrogens is 593 g/mol. The molecule has 0 heterocycles. The Hall–Kier alpha value is -5.92. The van der Waals surface area contributed by atoms with Crippen LogP contribution in [0, 0.1) is 23.7 Å². The Balaban J connectivity index is 1.23. The van der Waals surface area contributed by atoms with Gasteiger partial charge in [-0.15, -0.1) is 0 Å². The molecule has 1 nitrogen and oxygen atoms in total. The summed E-state index contributed by atoms with van der Waals surface area (Å²) in [6.07, 6.45) is 23.1. The molecule has 49 heavy (non-hydrogen) atoms. The van der Waals surface area contributed by atoms with Gasteiger partial charge in [0.2, 0.25) is 0 Å². The van der Waals surface area contributed by atoms with E-state index in [1.54, 1.807) is 0 Å². The molecule has 1 heteroatoms. The highest BCUT2D eigenvalue weighted by atomic mass is 16.5. The number of fused-ring (bicyclic) bond motifs is 3. The third-order valence-corrected chi connectivity index (χ3v) is 10.3. The third kappa shape index (κ3) is 5.48. The van der Waals surface area contributed by atoms with E-state index in [0.717, 1.165) is 11.5 Å². The van der Waals surface area contributed by atoms with Gasteiger partial charge >= 0.3 is 0 Å². The average molecular weight is 629 g/mol. The molecule has 4 unspecified atom stereocenters. The summed E-state index contributed by atoms with van der Waals surface area (Å²) >= 11 is 0. The summed E-state index contributed by atoms with van der Waals surface area (Å²) in [7, 11) is 0. The molecule has 5 aromatic rings. The molecule has 0 aromatic heterocycles. The van der Waals surface area contributed by atoms with Crippen LogP contribution in [0.2, 0.25) is 0 Å². The second-order valence-corrected chi connectivity index (χ2v) is 13.2. The van der Waals surface area contributed by atoms with Gasteiger partial charge in [0.25, 0.3) is 0 Å². The van der Waals surface area contributed by atoms with Gasteiger partial charge < -0.3 is 4.74 Å². The lowest BCUT2D eigenvalue weighted by molar-refractivity contribution is 0.431. The van der Waals surface area contributed by atoms with Crippen molar-refractivity contribution in [1.82, 2.24) is 0 Å². The normalized spacial score (nSPS) is 21.7. The highest BCUT2D eigenvalue weighted by Gasteiger charge is 2.35. The Morgan fingerprint density at radius 3 is 1.80 bits per heavy atom. The van der Waals surface area contributed by atoms with E-state index in [1.165, 1.54) is 55.0 Å². The zero-order chi connectivity index (χ0) is 32.6. The maximum absolute atomic E-state index is 6.49. The first kappa shape index (κ1) is 29.2. The first-order valence-corrected chi connectivity index (χ1v) is 17.3. The van der Waals surface area contributed by atoms with Gasteiger partial charge in [-0.3, -0.25) is 0 Å². The van der Waals surface area contributed by atoms with E-state index < -0.39 is 0 Å². The van der Waals surface area contributed by atoms with Crippen LogP contribution >= 0.6 is 0 Å². The largest absolute Gasteiger partial charge is 0.458 e. The number of ether oxygens (including phenoxy) is 1. The van der Waals surface area contributed by atoms with Crippen LogP contribution in [0.4, 0.5) is 0 Å². The van der Waals surface area contributed by atoms with Crippen LogP contribution in [0.1, 0.15) is 5.56 Å². The molecule has 0 bridgehead atoms. The molecular formula is C48H36O. The van der Waals surface area contributed by atoms with Gasteiger partial charge in [-0.05, 0) is 79.3 Å². The molecule has 0 amide bonds. The average Bonchev–Trinajstić information content (AvgIpc) is 3.17. The van der Waals surface area contributed by atoms with Gasteiger partial charge in [-0.2, -0.15) is 0 Å². The standard InChI is InChI=1S/C48H36O/c1-3-13-33(14-4-1)35-23-26-36(27-24-35)41-19-9-10-20-42(41)48-44-22-12-11-21-43(44)47(38-28-25-34-15-7-8-16-37(34)31-38)46-32-40(29-30-45(46)48)49-39-17-5-2-6-18-39/h1-32,34,37,45-46H. The molecule has 5 aromatic carbocycles. The molecule has 4 aliphatic rings. The van der Waals surface area contributed by atoms with E-state index in [4.69, 9.17) is 4.74 Å². The predicted molar refractivity (Wildman–Crippen MR) is 203 cm³/mol. The molecule has 9 rings (SSSR count). The molecule has 0 radical (unpaired) electrons. The number of rotatable bonds is 6. The predicted octanol–water partition coefficient (Wildman–Crippen LogP) is 10.0. The first-order valence-electron chi connectivity index (χ1n) is 17.3. The summed E-state index contributed by atoms with van der Waals surface area (Å²) in [4.78, 5) is 0. The molecule has 234 valence electrons. The highest BCUT2D eigenvalue weighted by molar-refractivity contribution is 5.88. The summed E-state index contributed by atoms with van der Waals surface area (Å²) < 4.78 is 6.49. The number of hydrogen-bond acceptors (Lipinski definition) is 1. The summed E-state index contributed by atoms with van der Waals surface area (Å²) in [5, 5.41) is 2.59. The van der Waals surface area contributed by atoms with Crippen molar-refractivity contribution in [2.45, 2.75) is 0 Å². The lowest BCUT2D eigenvalue weighted by atomic mass is 9.67. The van der Waals surface area contributed by atoms with Crippen LogP contribution in [0.5, 0.6) is 5.75 Å². The topological polar surface area (TPSA) is 9.23 Å². The van der Waals surface area contributed by atoms with Crippen molar-refractivity contribution in [1.29, 1.82) is 0 Å². The second-order valence-electron chi connectivity index (χ2n) is 13.2. The molecule has 4 atom stereocenters. The monoisotopic (exact) mass is 628 g/mol. The van der Waals surface area contributed by atoms with Crippen LogP contribution < -0.4 is 15.2 Å². The van der Waals surface area contributed by atoms with Crippen molar-refractivity contribution in [2.75, 3.05) is 0 Å². The SMILES string of the molecule is C1=CC2C=CC(C3=c4ccccc4=C(c4ccccc4-c4ccc(-c5ccccc5)cc4)C4C=CC(Oc5ccccc5)=CC34)=CC2C=C1. The molecule has 4 aliphatic carbocycles. The third-order valence-electron chi connectivity index (χ3n) is 10.3. The van der Waals surface area contributed by atoms with Crippen molar-refractivity contribution in [2.24, 2.45) is 23.7 Å². The van der Waals surface area contributed by atoms with Crippen LogP contribution in [-0.2, 0) is 0 Å². The fraction of sp³-hybridized carbons (Fsp3) is 0.0833. The summed E-state index contributed by atoms with van der Waals surface area (Å²) in [6.45, 7) is 0. The fourth-order valence-electron chi connectivity index (χ4n) is 7.97. The van der Waals surface area contributed by atoms with Crippen LogP contribution in [0.15, 0.2) is 206 Å². The van der Waals surface area contributed by atoms with E-state index >= 15 is 0 Å². The zero-order valence-corrected chi connectivity index (χ0v) is 27.2. The van der Waals surface area contributed by atoms with Crippen molar-refractivity contribution in [3.05, 3.63) is 222 Å². The lowest BCUT2D eigenvalue weighted by Gasteiger charge is -2.36. The molecule has 0 N–H and O–H groups in total. The number of allylic oxidation sites excluding steroid dienone is 11. The summed E-state index contributed by atoms with van der Waals surface area (Å²) in [5.74, 6) is 2.72. The van der Waals surface area contributed by atoms with E-state index in [1.807, 2.05) is 30.3 Å². The van der Waals surface area contributed by atoms with Crippen molar-refractivity contribution in [3.63, 3.8) is 0 Å². The van der Waals surface area contributed by atoms with Crippen LogP contribution in [-0.4, -0.2) is 0 Å². The van der Waals surface area contributed by atoms with Gasteiger partial charge in [0.05, 0.1) is 0 Å². The fourth-order valence-corrected chi connectivity index (χ4v) is 7.97. The Morgan fingerprint density at radius 2 is 1.02 bits per heavy atom.